The van der Waals surface area contributed by atoms with Crippen molar-refractivity contribution in [3.8, 4) is 0 Å². The van der Waals surface area contributed by atoms with E-state index in [9.17, 15) is 5.11 Å². The Balaban J connectivity index is 2.01. The summed E-state index contributed by atoms with van der Waals surface area (Å²) in [6, 6.07) is 0.400. The van der Waals surface area contributed by atoms with Gasteiger partial charge < -0.3 is 10.0 Å². The van der Waals surface area contributed by atoms with Crippen molar-refractivity contribution in [3.63, 3.8) is 0 Å². The number of β-amino-alcohol motifs (C(OH)–C–C–N with tert-alkyl or cyclic N) is 1. The average Bonchev–Trinajstić information content (AvgIpc) is 2.88. The second kappa shape index (κ2) is 6.45. The van der Waals surface area contributed by atoms with Crippen LogP contribution in [0.5, 0.6) is 0 Å². The lowest BCUT2D eigenvalue weighted by Gasteiger charge is -2.26. The van der Waals surface area contributed by atoms with Crippen LogP contribution in [-0.4, -0.2) is 69.0 Å². The first-order chi connectivity index (χ1) is 9.10. The van der Waals surface area contributed by atoms with Crippen LogP contribution < -0.4 is 0 Å². The van der Waals surface area contributed by atoms with E-state index >= 15 is 0 Å². The molecule has 0 spiro atoms. The molecule has 0 aromatic carbocycles. The van der Waals surface area contributed by atoms with E-state index in [2.05, 4.69) is 40.9 Å². The van der Waals surface area contributed by atoms with E-state index < -0.39 is 0 Å². The van der Waals surface area contributed by atoms with Crippen LogP contribution in [0.4, 0.5) is 0 Å². The lowest BCUT2D eigenvalue weighted by atomic mass is 10.2. The van der Waals surface area contributed by atoms with Crippen molar-refractivity contribution in [2.45, 2.75) is 45.0 Å². The Bertz CT molecular complexity index is 392. The van der Waals surface area contributed by atoms with Crippen LogP contribution in [-0.2, 0) is 13.1 Å². The van der Waals surface area contributed by atoms with Gasteiger partial charge >= 0.3 is 0 Å². The fraction of sp³-hybridized carbons (Fsp3) is 0.846. The van der Waals surface area contributed by atoms with Gasteiger partial charge in [-0.2, -0.15) is 5.10 Å². The molecule has 1 aromatic heterocycles. The number of aliphatic hydroxyl groups excluding tert-OH is 1. The zero-order valence-electron chi connectivity index (χ0n) is 12.2. The van der Waals surface area contributed by atoms with Crippen molar-refractivity contribution in [2.24, 2.45) is 0 Å². The lowest BCUT2D eigenvalue weighted by Crippen LogP contribution is -2.37. The van der Waals surface area contributed by atoms with Crippen LogP contribution in [0.2, 0.25) is 0 Å². The van der Waals surface area contributed by atoms with Gasteiger partial charge in [0.05, 0.1) is 12.6 Å². The molecule has 0 radical (unpaired) electrons. The highest BCUT2D eigenvalue weighted by atomic mass is 16.3. The Morgan fingerprint density at radius 2 is 2.26 bits per heavy atom. The monoisotopic (exact) mass is 267 g/mol. The summed E-state index contributed by atoms with van der Waals surface area (Å²) in [5.74, 6) is 1.000. The third-order valence-corrected chi connectivity index (χ3v) is 3.56. The zero-order valence-corrected chi connectivity index (χ0v) is 12.2. The number of likely N-dealkylation sites (tertiary alicyclic amines) is 1. The first kappa shape index (κ1) is 14.4. The largest absolute Gasteiger partial charge is 0.392 e. The summed E-state index contributed by atoms with van der Waals surface area (Å²) < 4.78 is 1.97. The summed E-state index contributed by atoms with van der Waals surface area (Å²) >= 11 is 0. The summed E-state index contributed by atoms with van der Waals surface area (Å²) in [6.45, 7) is 5.52. The molecule has 19 heavy (non-hydrogen) atoms. The summed E-state index contributed by atoms with van der Waals surface area (Å²) in [6.07, 6.45) is 3.31. The Kier molecular flexibility index (Phi) is 4.90. The molecule has 2 heterocycles. The first-order valence-electron chi connectivity index (χ1n) is 7.03. The quantitative estimate of drug-likeness (QED) is 0.797. The molecule has 1 fully saturated rings. The zero-order chi connectivity index (χ0) is 13.8. The van der Waals surface area contributed by atoms with E-state index in [-0.39, 0.29) is 6.10 Å². The molecular weight excluding hydrogens is 242 g/mol. The molecule has 2 rings (SSSR count). The number of hydrogen-bond acceptors (Lipinski definition) is 5. The van der Waals surface area contributed by atoms with Gasteiger partial charge in [-0.25, -0.2) is 9.67 Å². The summed E-state index contributed by atoms with van der Waals surface area (Å²) in [5.41, 5.74) is 0. The molecule has 0 bridgehead atoms. The van der Waals surface area contributed by atoms with E-state index in [1.54, 1.807) is 6.33 Å². The lowest BCUT2D eigenvalue weighted by molar-refractivity contribution is 0.166. The number of aromatic nitrogens is 3. The van der Waals surface area contributed by atoms with E-state index in [0.717, 1.165) is 44.8 Å². The van der Waals surface area contributed by atoms with Gasteiger partial charge in [-0.1, -0.05) is 6.92 Å². The predicted molar refractivity (Wildman–Crippen MR) is 73.7 cm³/mol. The molecule has 0 amide bonds. The Morgan fingerprint density at radius 3 is 2.95 bits per heavy atom. The van der Waals surface area contributed by atoms with Crippen LogP contribution in [0.3, 0.4) is 0 Å². The summed E-state index contributed by atoms with van der Waals surface area (Å²) in [4.78, 5) is 8.85. The molecular formula is C13H25N5O. The highest BCUT2D eigenvalue weighted by Gasteiger charge is 2.31. The normalized spacial score (nSPS) is 24.5. The topological polar surface area (TPSA) is 57.4 Å². The highest BCUT2D eigenvalue weighted by molar-refractivity contribution is 4.92. The summed E-state index contributed by atoms with van der Waals surface area (Å²) in [7, 11) is 4.14. The third-order valence-electron chi connectivity index (χ3n) is 3.56. The van der Waals surface area contributed by atoms with Gasteiger partial charge in [-0.15, -0.1) is 0 Å². The van der Waals surface area contributed by atoms with Crippen molar-refractivity contribution in [1.82, 2.24) is 24.6 Å². The molecule has 1 aromatic rings. The van der Waals surface area contributed by atoms with Gasteiger partial charge in [0.25, 0.3) is 0 Å². The fourth-order valence-electron chi connectivity index (χ4n) is 2.75. The molecule has 0 saturated carbocycles. The van der Waals surface area contributed by atoms with Gasteiger partial charge in [0.15, 0.2) is 0 Å². The van der Waals surface area contributed by atoms with Crippen molar-refractivity contribution >= 4 is 0 Å². The van der Waals surface area contributed by atoms with Crippen molar-refractivity contribution in [3.05, 3.63) is 12.2 Å². The Labute approximate surface area is 115 Å². The van der Waals surface area contributed by atoms with E-state index in [4.69, 9.17) is 0 Å². The number of likely N-dealkylation sites (N-methyl/N-ethyl adjacent to an activating group) is 1. The van der Waals surface area contributed by atoms with Gasteiger partial charge in [0, 0.05) is 25.7 Å². The summed E-state index contributed by atoms with van der Waals surface area (Å²) in [5, 5.41) is 14.1. The van der Waals surface area contributed by atoms with Crippen molar-refractivity contribution in [1.29, 1.82) is 0 Å². The maximum Gasteiger partial charge on any atom is 0.141 e. The number of nitrogens with zero attached hydrogens (tertiary/aromatic N) is 5. The molecule has 0 aliphatic carbocycles. The fourth-order valence-corrected chi connectivity index (χ4v) is 2.75. The molecule has 2 atom stereocenters. The Morgan fingerprint density at radius 1 is 1.47 bits per heavy atom. The number of aryl methyl sites for hydroxylation is 1. The average molecular weight is 267 g/mol. The minimum absolute atomic E-state index is 0.215. The van der Waals surface area contributed by atoms with E-state index in [1.165, 1.54) is 0 Å². The molecule has 1 aliphatic rings. The maximum absolute atomic E-state index is 9.88. The molecule has 1 N–H and O–H groups in total. The van der Waals surface area contributed by atoms with E-state index in [0.29, 0.717) is 6.04 Å². The SMILES string of the molecule is CCCn1ncnc1CN1CC(O)CC1CN(C)C. The predicted octanol–water partition coefficient (Wildman–Crippen LogP) is 0.185. The number of hydrogen-bond donors (Lipinski definition) is 1. The molecule has 1 saturated heterocycles. The van der Waals surface area contributed by atoms with Crippen LogP contribution >= 0.6 is 0 Å². The smallest absolute Gasteiger partial charge is 0.141 e. The minimum Gasteiger partial charge on any atom is -0.392 e. The first-order valence-corrected chi connectivity index (χ1v) is 7.03. The van der Waals surface area contributed by atoms with Crippen LogP contribution in [0.1, 0.15) is 25.6 Å². The maximum atomic E-state index is 9.88. The highest BCUT2D eigenvalue weighted by Crippen LogP contribution is 2.20. The number of rotatable bonds is 6. The molecule has 2 unspecified atom stereocenters. The minimum atomic E-state index is -0.215. The van der Waals surface area contributed by atoms with Crippen LogP contribution in [0, 0.1) is 0 Å². The third kappa shape index (κ3) is 3.75. The second-order valence-corrected chi connectivity index (χ2v) is 5.63. The molecule has 108 valence electrons. The second-order valence-electron chi connectivity index (χ2n) is 5.63. The van der Waals surface area contributed by atoms with Gasteiger partial charge in [-0.3, -0.25) is 4.90 Å². The van der Waals surface area contributed by atoms with Crippen molar-refractivity contribution in [2.75, 3.05) is 27.2 Å². The molecule has 1 aliphatic heterocycles. The van der Waals surface area contributed by atoms with Crippen molar-refractivity contribution < 1.29 is 5.11 Å². The standard InChI is InChI=1S/C13H25N5O/c1-4-5-18-13(14-10-15-18)9-17-8-12(19)6-11(17)7-16(2)3/h10-12,19H,4-9H2,1-3H3. The van der Waals surface area contributed by atoms with Gasteiger partial charge in [-0.05, 0) is 26.9 Å². The molecule has 6 nitrogen and oxygen atoms in total. The Hall–Kier alpha value is -0.980. The van der Waals surface area contributed by atoms with Gasteiger partial charge in [0.2, 0.25) is 0 Å². The molecule has 6 heteroatoms. The van der Waals surface area contributed by atoms with E-state index in [1.807, 2.05) is 4.68 Å². The van der Waals surface area contributed by atoms with Crippen LogP contribution in [0.15, 0.2) is 6.33 Å². The van der Waals surface area contributed by atoms with Gasteiger partial charge in [0.1, 0.15) is 12.2 Å². The number of aliphatic hydroxyl groups is 1. The van der Waals surface area contributed by atoms with Crippen LogP contribution in [0.25, 0.3) is 0 Å².